The second-order valence-electron chi connectivity index (χ2n) is 2.94. The molecule has 16 heavy (non-hydrogen) atoms. The fourth-order valence-corrected chi connectivity index (χ4v) is 1.14. The Bertz CT molecular complexity index is 372. The summed E-state index contributed by atoms with van der Waals surface area (Å²) < 4.78 is 0. The third-order valence-corrected chi connectivity index (χ3v) is 1.94. The number of anilines is 2. The van der Waals surface area contributed by atoms with E-state index in [4.69, 9.17) is 17.4 Å². The second-order valence-corrected chi connectivity index (χ2v) is 3.35. The zero-order valence-corrected chi connectivity index (χ0v) is 9.51. The summed E-state index contributed by atoms with van der Waals surface area (Å²) in [6.45, 7) is 2.45. The van der Waals surface area contributed by atoms with Crippen LogP contribution >= 0.6 is 11.6 Å². The molecule has 5 N–H and O–H groups in total. The molecule has 1 aromatic rings. The lowest BCUT2D eigenvalue weighted by Crippen LogP contribution is -2.26. The Balaban J connectivity index is 2.49. The maximum Gasteiger partial charge on any atom is 0.239 e. The van der Waals surface area contributed by atoms with Crippen LogP contribution in [0.5, 0.6) is 0 Å². The van der Waals surface area contributed by atoms with Crippen molar-refractivity contribution >= 4 is 29.3 Å². The Hall–Kier alpha value is -1.60. The zero-order chi connectivity index (χ0) is 12.0. The van der Waals surface area contributed by atoms with E-state index >= 15 is 0 Å². The van der Waals surface area contributed by atoms with Crippen LogP contribution < -0.4 is 21.9 Å². The lowest BCUT2D eigenvalue weighted by atomic mass is 10.5. The number of nitrogen functional groups attached to an aromatic ring is 1. The van der Waals surface area contributed by atoms with Crippen molar-refractivity contribution in [3.63, 3.8) is 0 Å². The summed E-state index contributed by atoms with van der Waals surface area (Å²) in [5.74, 6) is 5.81. The Kier molecular flexibility index (Phi) is 4.74. The molecular weight excluding hydrogens is 232 g/mol. The molecule has 8 heteroatoms. The standard InChI is InChI=1S/C8H13ClN6O/c1-5(16)11-2-3-12-7-6(9)4-13-8(14-7)15-10/h4H,2-3,10H2,1H3,(H,11,16)(H2,12,13,14,15). The highest BCUT2D eigenvalue weighted by molar-refractivity contribution is 6.32. The normalized spacial score (nSPS) is 9.69. The average Bonchev–Trinajstić information content (AvgIpc) is 2.26. The number of carbonyl (C=O) groups is 1. The van der Waals surface area contributed by atoms with E-state index in [-0.39, 0.29) is 11.9 Å². The highest BCUT2D eigenvalue weighted by Gasteiger charge is 2.03. The van der Waals surface area contributed by atoms with Gasteiger partial charge in [-0.3, -0.25) is 10.2 Å². The summed E-state index contributed by atoms with van der Waals surface area (Å²) in [6.07, 6.45) is 1.44. The minimum atomic E-state index is -0.0834. The molecule has 1 amide bonds. The van der Waals surface area contributed by atoms with E-state index in [1.807, 2.05) is 0 Å². The lowest BCUT2D eigenvalue weighted by molar-refractivity contribution is -0.118. The van der Waals surface area contributed by atoms with E-state index in [9.17, 15) is 4.79 Å². The molecule has 1 aromatic heterocycles. The summed E-state index contributed by atoms with van der Waals surface area (Å²) >= 11 is 5.85. The molecule has 1 rings (SSSR count). The molecule has 0 fully saturated rings. The fourth-order valence-electron chi connectivity index (χ4n) is 0.980. The summed E-state index contributed by atoms with van der Waals surface area (Å²) in [5.41, 5.74) is 2.31. The predicted octanol–water partition coefficient (Wildman–Crippen LogP) is -0.0364. The van der Waals surface area contributed by atoms with Crippen LogP contribution in [0.1, 0.15) is 6.92 Å². The van der Waals surface area contributed by atoms with Crippen molar-refractivity contribution in [1.29, 1.82) is 0 Å². The molecule has 1 heterocycles. The smallest absolute Gasteiger partial charge is 0.239 e. The van der Waals surface area contributed by atoms with Crippen molar-refractivity contribution in [2.24, 2.45) is 5.84 Å². The van der Waals surface area contributed by atoms with Crippen LogP contribution in [-0.4, -0.2) is 29.0 Å². The number of amides is 1. The Morgan fingerprint density at radius 1 is 1.56 bits per heavy atom. The second kappa shape index (κ2) is 6.09. The molecule has 0 saturated carbocycles. The number of rotatable bonds is 5. The first-order valence-electron chi connectivity index (χ1n) is 4.61. The number of carbonyl (C=O) groups excluding carboxylic acids is 1. The Morgan fingerprint density at radius 2 is 2.31 bits per heavy atom. The van der Waals surface area contributed by atoms with Gasteiger partial charge in [0, 0.05) is 20.0 Å². The molecule has 88 valence electrons. The van der Waals surface area contributed by atoms with Crippen molar-refractivity contribution in [2.75, 3.05) is 23.8 Å². The van der Waals surface area contributed by atoms with Crippen LogP contribution in [0, 0.1) is 0 Å². The topological polar surface area (TPSA) is 105 Å². The molecule has 7 nitrogen and oxygen atoms in total. The van der Waals surface area contributed by atoms with Gasteiger partial charge >= 0.3 is 0 Å². The minimum absolute atomic E-state index is 0.0834. The molecule has 0 unspecified atom stereocenters. The monoisotopic (exact) mass is 244 g/mol. The maximum absolute atomic E-state index is 10.6. The van der Waals surface area contributed by atoms with Crippen LogP contribution in [0.4, 0.5) is 11.8 Å². The van der Waals surface area contributed by atoms with Gasteiger partial charge in [-0.05, 0) is 0 Å². The number of hydrogen-bond acceptors (Lipinski definition) is 6. The van der Waals surface area contributed by atoms with Crippen molar-refractivity contribution in [3.05, 3.63) is 11.2 Å². The van der Waals surface area contributed by atoms with Gasteiger partial charge in [-0.15, -0.1) is 0 Å². The van der Waals surface area contributed by atoms with E-state index in [0.29, 0.717) is 23.9 Å². The molecule has 0 spiro atoms. The van der Waals surface area contributed by atoms with Gasteiger partial charge in [-0.2, -0.15) is 4.98 Å². The number of nitrogens with zero attached hydrogens (tertiary/aromatic N) is 2. The maximum atomic E-state index is 10.6. The van der Waals surface area contributed by atoms with Crippen LogP contribution in [-0.2, 0) is 4.79 Å². The van der Waals surface area contributed by atoms with Gasteiger partial charge in [0.15, 0.2) is 5.82 Å². The van der Waals surface area contributed by atoms with E-state index in [2.05, 4.69) is 26.0 Å². The molecule has 0 aliphatic carbocycles. The molecule has 0 atom stereocenters. The van der Waals surface area contributed by atoms with E-state index < -0.39 is 0 Å². The molecule has 0 aliphatic heterocycles. The third kappa shape index (κ3) is 3.87. The molecule has 0 radical (unpaired) electrons. The SMILES string of the molecule is CC(=O)NCCNc1nc(NN)ncc1Cl. The highest BCUT2D eigenvalue weighted by Crippen LogP contribution is 2.18. The molecule has 0 saturated heterocycles. The molecule has 0 aromatic carbocycles. The number of nitrogens with two attached hydrogens (primary N) is 1. The molecule has 0 aliphatic rings. The first-order valence-corrected chi connectivity index (χ1v) is 4.98. The average molecular weight is 245 g/mol. The quantitative estimate of drug-likeness (QED) is 0.329. The van der Waals surface area contributed by atoms with Crippen LogP contribution in [0.15, 0.2) is 6.20 Å². The van der Waals surface area contributed by atoms with Crippen molar-refractivity contribution in [2.45, 2.75) is 6.92 Å². The Labute approximate surface area is 97.8 Å². The number of halogens is 1. The first-order chi connectivity index (χ1) is 7.63. The highest BCUT2D eigenvalue weighted by atomic mass is 35.5. The van der Waals surface area contributed by atoms with Crippen LogP contribution in [0.3, 0.4) is 0 Å². The van der Waals surface area contributed by atoms with E-state index in [0.717, 1.165) is 0 Å². The molecular formula is C8H13ClN6O. The summed E-state index contributed by atoms with van der Waals surface area (Å²) in [4.78, 5) is 18.4. The first kappa shape index (κ1) is 12.5. The van der Waals surface area contributed by atoms with Gasteiger partial charge in [0.25, 0.3) is 0 Å². The van der Waals surface area contributed by atoms with Crippen LogP contribution in [0.2, 0.25) is 5.02 Å². The largest absolute Gasteiger partial charge is 0.367 e. The van der Waals surface area contributed by atoms with Crippen molar-refractivity contribution in [3.8, 4) is 0 Å². The van der Waals surface area contributed by atoms with Gasteiger partial charge in [-0.1, -0.05) is 11.6 Å². The molecule has 0 bridgehead atoms. The van der Waals surface area contributed by atoms with Crippen molar-refractivity contribution < 1.29 is 4.79 Å². The van der Waals surface area contributed by atoms with Gasteiger partial charge in [0.1, 0.15) is 5.02 Å². The van der Waals surface area contributed by atoms with E-state index in [1.165, 1.54) is 13.1 Å². The minimum Gasteiger partial charge on any atom is -0.367 e. The third-order valence-electron chi connectivity index (χ3n) is 1.66. The van der Waals surface area contributed by atoms with Gasteiger partial charge < -0.3 is 10.6 Å². The number of hydrogen-bond donors (Lipinski definition) is 4. The van der Waals surface area contributed by atoms with Gasteiger partial charge in [-0.25, -0.2) is 10.8 Å². The summed E-state index contributed by atoms with van der Waals surface area (Å²) in [6, 6.07) is 0. The van der Waals surface area contributed by atoms with Gasteiger partial charge in [0.05, 0.1) is 6.20 Å². The van der Waals surface area contributed by atoms with E-state index in [1.54, 1.807) is 0 Å². The lowest BCUT2D eigenvalue weighted by Gasteiger charge is -2.08. The fraction of sp³-hybridized carbons (Fsp3) is 0.375. The summed E-state index contributed by atoms with van der Waals surface area (Å²) in [7, 11) is 0. The van der Waals surface area contributed by atoms with Crippen molar-refractivity contribution in [1.82, 2.24) is 15.3 Å². The number of aromatic nitrogens is 2. The zero-order valence-electron chi connectivity index (χ0n) is 8.75. The van der Waals surface area contributed by atoms with Gasteiger partial charge in [0.2, 0.25) is 11.9 Å². The summed E-state index contributed by atoms with van der Waals surface area (Å²) in [5, 5.41) is 5.98. The predicted molar refractivity (Wildman–Crippen MR) is 62.0 cm³/mol. The van der Waals surface area contributed by atoms with Crippen LogP contribution in [0.25, 0.3) is 0 Å². The number of nitrogens with one attached hydrogen (secondary N) is 3. The Morgan fingerprint density at radius 3 is 2.94 bits per heavy atom. The number of hydrazine groups is 1.